The smallest absolute Gasteiger partial charge is 0.416 e. The molecule has 2 aliphatic carbocycles. The maximum Gasteiger partial charge on any atom is 0.416 e. The maximum absolute atomic E-state index is 13.8. The van der Waals surface area contributed by atoms with Crippen LogP contribution in [0.1, 0.15) is 171 Å². The van der Waals surface area contributed by atoms with Gasteiger partial charge in [0, 0.05) is 39.3 Å². The van der Waals surface area contributed by atoms with Crippen molar-refractivity contribution in [1.82, 2.24) is 9.80 Å². The van der Waals surface area contributed by atoms with Gasteiger partial charge in [0.15, 0.2) is 0 Å². The van der Waals surface area contributed by atoms with Crippen LogP contribution in [-0.2, 0) is 70.8 Å². The van der Waals surface area contributed by atoms with Crippen LogP contribution in [0.25, 0.3) is 0 Å². The number of nitrogens with zero attached hydrogens (tertiary/aromatic N) is 4. The van der Waals surface area contributed by atoms with Gasteiger partial charge in [-0.2, -0.15) is 26.3 Å². The zero-order valence-electron chi connectivity index (χ0n) is 43.0. The van der Waals surface area contributed by atoms with Crippen LogP contribution in [0.5, 0.6) is 0 Å². The molecule has 16 heteroatoms. The lowest BCUT2D eigenvalue weighted by molar-refractivity contribution is -0.148. The van der Waals surface area contributed by atoms with Crippen molar-refractivity contribution in [3.05, 3.63) is 140 Å². The minimum Gasteiger partial charge on any atom is -0.481 e. The average molecular weight is 1030 g/mol. The summed E-state index contributed by atoms with van der Waals surface area (Å²) in [5.74, 6) is -2.13. The van der Waals surface area contributed by atoms with Crippen LogP contribution in [0.15, 0.2) is 83.1 Å². The monoisotopic (exact) mass is 1030 g/mol. The third-order valence-corrected chi connectivity index (χ3v) is 15.2. The molecule has 10 nitrogen and oxygen atoms in total. The number of aryl methyl sites for hydroxylation is 2. The normalized spacial score (nSPS) is 18.0. The van der Waals surface area contributed by atoms with Crippen LogP contribution in [0.4, 0.5) is 26.3 Å². The molecule has 74 heavy (non-hydrogen) atoms. The second-order valence-electron chi connectivity index (χ2n) is 20.5. The van der Waals surface area contributed by atoms with E-state index in [4.69, 9.17) is 19.9 Å². The van der Waals surface area contributed by atoms with Crippen molar-refractivity contribution in [3.8, 4) is 0 Å². The summed E-state index contributed by atoms with van der Waals surface area (Å²) in [5, 5.41) is 26.5. The van der Waals surface area contributed by atoms with E-state index in [-0.39, 0.29) is 36.9 Å². The van der Waals surface area contributed by atoms with Crippen molar-refractivity contribution in [2.24, 2.45) is 22.1 Å². The van der Waals surface area contributed by atoms with Gasteiger partial charge in [-0.25, -0.2) is 0 Å². The van der Waals surface area contributed by atoms with E-state index in [0.29, 0.717) is 72.9 Å². The fourth-order valence-electron chi connectivity index (χ4n) is 10.8. The fraction of sp³-hybridized carbons (Fsp3) is 0.517. The number of likely N-dealkylation sites (tertiary alicyclic amines) is 2. The number of carbonyl (C=O) groups is 2. The zero-order chi connectivity index (χ0) is 53.2. The molecule has 2 aliphatic heterocycles. The lowest BCUT2D eigenvalue weighted by Crippen LogP contribution is -2.49. The molecule has 4 aromatic carbocycles. The largest absolute Gasteiger partial charge is 0.481 e. The molecule has 0 atom stereocenters. The van der Waals surface area contributed by atoms with E-state index >= 15 is 0 Å². The molecule has 8 rings (SSSR count). The molecule has 2 saturated carbocycles. The number of oxime groups is 2. The number of hydrogen-bond donors (Lipinski definition) is 2. The highest BCUT2D eigenvalue weighted by molar-refractivity contribution is 5.99. The van der Waals surface area contributed by atoms with Crippen molar-refractivity contribution in [1.29, 1.82) is 0 Å². The first-order valence-electron chi connectivity index (χ1n) is 26.2. The summed E-state index contributed by atoms with van der Waals surface area (Å²) in [5.41, 5.74) is 8.26. The van der Waals surface area contributed by atoms with Crippen molar-refractivity contribution in [3.63, 3.8) is 0 Å². The molecule has 2 saturated heterocycles. The Labute approximate surface area is 430 Å². The van der Waals surface area contributed by atoms with Gasteiger partial charge in [-0.1, -0.05) is 111 Å². The molecule has 0 radical (unpaired) electrons. The van der Waals surface area contributed by atoms with Gasteiger partial charge in [-0.15, -0.1) is 0 Å². The summed E-state index contributed by atoms with van der Waals surface area (Å²) in [6, 6.07) is 21.2. The van der Waals surface area contributed by atoms with Gasteiger partial charge >= 0.3 is 24.3 Å². The summed E-state index contributed by atoms with van der Waals surface area (Å²) < 4.78 is 82.9. The van der Waals surface area contributed by atoms with Crippen LogP contribution in [0, 0.1) is 11.8 Å². The van der Waals surface area contributed by atoms with Crippen LogP contribution in [0.3, 0.4) is 0 Å². The summed E-state index contributed by atoms with van der Waals surface area (Å²) in [4.78, 5) is 37.3. The SMILES string of the molecule is CCc1cc(/C(C)=N/OCc2ccc(C3CCCCC3)c(C(F)(F)F)c2)ccc1CN1CC(C(=O)O)C1.CCc1cc(/C(C)=N/OCc2ccc(C3CCCCC3)c(C(F)(F)F)c2)ccc1CN1CC(C(=O)O)C1. The van der Waals surface area contributed by atoms with Gasteiger partial charge < -0.3 is 19.9 Å². The third-order valence-electron chi connectivity index (χ3n) is 15.2. The minimum atomic E-state index is -4.40. The van der Waals surface area contributed by atoms with Crippen molar-refractivity contribution in [2.75, 3.05) is 26.2 Å². The van der Waals surface area contributed by atoms with Crippen LogP contribution in [0.2, 0.25) is 0 Å². The van der Waals surface area contributed by atoms with Gasteiger partial charge in [0.2, 0.25) is 0 Å². The highest BCUT2D eigenvalue weighted by Gasteiger charge is 2.38. The third kappa shape index (κ3) is 14.8. The Hall–Kier alpha value is -5.74. The molecule has 0 spiro atoms. The van der Waals surface area contributed by atoms with Gasteiger partial charge in [0.25, 0.3) is 0 Å². The van der Waals surface area contributed by atoms with E-state index in [9.17, 15) is 35.9 Å². The number of carboxylic acid groups (broad SMARTS) is 2. The molecule has 4 aliphatic rings. The van der Waals surface area contributed by atoms with Crippen LogP contribution in [-0.4, -0.2) is 69.6 Å². The van der Waals surface area contributed by atoms with E-state index in [1.807, 2.05) is 50.2 Å². The lowest BCUT2D eigenvalue weighted by Gasteiger charge is -2.37. The number of alkyl halides is 6. The highest BCUT2D eigenvalue weighted by Crippen LogP contribution is 2.43. The van der Waals surface area contributed by atoms with E-state index < -0.39 is 35.4 Å². The molecule has 0 unspecified atom stereocenters. The van der Waals surface area contributed by atoms with Gasteiger partial charge in [0.1, 0.15) is 13.2 Å². The molecule has 0 bridgehead atoms. The topological polar surface area (TPSA) is 124 Å². The van der Waals surface area contributed by atoms with E-state index in [0.717, 1.165) is 110 Å². The number of benzene rings is 4. The van der Waals surface area contributed by atoms with Crippen LogP contribution < -0.4 is 0 Å². The predicted octanol–water partition coefficient (Wildman–Crippen LogP) is 13.5. The summed E-state index contributed by atoms with van der Waals surface area (Å²) >= 11 is 0. The van der Waals surface area contributed by atoms with E-state index in [1.165, 1.54) is 12.1 Å². The molecule has 400 valence electrons. The number of aliphatic carboxylic acids is 2. The van der Waals surface area contributed by atoms with Gasteiger partial charge in [0.05, 0.1) is 34.4 Å². The Bertz CT molecular complexity index is 2450. The first kappa shape index (κ1) is 56.0. The van der Waals surface area contributed by atoms with Crippen molar-refractivity contribution in [2.45, 2.75) is 155 Å². The van der Waals surface area contributed by atoms with Crippen molar-refractivity contribution >= 4 is 23.4 Å². The molecule has 2 heterocycles. The molecule has 0 amide bonds. The Balaban J connectivity index is 0.000000216. The first-order valence-corrected chi connectivity index (χ1v) is 26.2. The highest BCUT2D eigenvalue weighted by atomic mass is 19.4. The molecule has 4 fully saturated rings. The minimum absolute atomic E-state index is 0.0315. The van der Waals surface area contributed by atoms with E-state index in [2.05, 4.69) is 34.0 Å². The predicted molar refractivity (Wildman–Crippen MR) is 273 cm³/mol. The maximum atomic E-state index is 13.8. The summed E-state index contributed by atoms with van der Waals surface area (Å²) in [6.07, 6.45) is 2.17. The Morgan fingerprint density at radius 1 is 0.541 bits per heavy atom. The number of hydrogen-bond acceptors (Lipinski definition) is 8. The van der Waals surface area contributed by atoms with Gasteiger partial charge in [-0.3, -0.25) is 19.4 Å². The van der Waals surface area contributed by atoms with E-state index in [1.54, 1.807) is 24.3 Å². The summed E-state index contributed by atoms with van der Waals surface area (Å²) in [6.45, 7) is 11.3. The molecular weight excluding hydrogens is 963 g/mol. The molecule has 4 aromatic rings. The Kier molecular flexibility index (Phi) is 19.1. The lowest BCUT2D eigenvalue weighted by atomic mass is 9.81. The number of rotatable bonds is 18. The van der Waals surface area contributed by atoms with Crippen LogP contribution >= 0.6 is 0 Å². The molecule has 0 aromatic heterocycles. The molecular formula is C58H70F6N4O6. The fourth-order valence-corrected chi connectivity index (χ4v) is 10.8. The van der Waals surface area contributed by atoms with Crippen molar-refractivity contribution < 1.29 is 55.8 Å². The second-order valence-corrected chi connectivity index (χ2v) is 20.5. The standard InChI is InChI=1S/2C29H35F3N2O3/c2*1-3-21-14-23(10-11-24(21)15-34-16-25(17-34)28(35)36)19(2)33-37-18-20-9-12-26(22-7-5-4-6-8-22)27(13-20)29(30,31)32/h2*9-14,22,25H,3-8,15-18H2,1-2H3,(H,35,36)/b2*33-19+. The number of halogens is 6. The zero-order valence-corrected chi connectivity index (χ0v) is 43.0. The Morgan fingerprint density at radius 3 is 1.23 bits per heavy atom. The van der Waals surface area contributed by atoms with Gasteiger partial charge in [-0.05, 0) is 144 Å². The molecule has 2 N–H and O–H groups in total. The average Bonchev–Trinajstić information content (AvgIpc) is 3.35. The second kappa shape index (κ2) is 25.2. The Morgan fingerprint density at radius 2 is 0.905 bits per heavy atom. The first-order chi connectivity index (χ1) is 35.3. The number of carboxylic acids is 2. The quantitative estimate of drug-likeness (QED) is 0.0574. The summed E-state index contributed by atoms with van der Waals surface area (Å²) in [7, 11) is 0.